The van der Waals surface area contributed by atoms with Crippen molar-refractivity contribution in [1.82, 2.24) is 10.2 Å². The molecule has 1 amide bonds. The monoisotopic (exact) mass is 291 g/mol. The van der Waals surface area contributed by atoms with Crippen molar-refractivity contribution < 1.29 is 4.79 Å². The first-order valence-corrected chi connectivity index (χ1v) is 7.31. The number of amides is 1. The lowest BCUT2D eigenvalue weighted by molar-refractivity contribution is -0.120. The molecular weight excluding hydrogens is 262 g/mol. The molecule has 0 bridgehead atoms. The second-order valence-corrected chi connectivity index (χ2v) is 5.80. The van der Waals surface area contributed by atoms with Crippen LogP contribution in [0.2, 0.25) is 0 Å². The van der Waals surface area contributed by atoms with Gasteiger partial charge in [0.25, 0.3) is 0 Å². The topological polar surface area (TPSA) is 58.4 Å². The van der Waals surface area contributed by atoms with Gasteiger partial charge in [0.1, 0.15) is 0 Å². The Labute approximate surface area is 123 Å². The van der Waals surface area contributed by atoms with Gasteiger partial charge in [-0.15, -0.1) is 12.4 Å². The van der Waals surface area contributed by atoms with E-state index < -0.39 is 0 Å². The van der Waals surface area contributed by atoms with E-state index in [-0.39, 0.29) is 18.3 Å². The molecule has 1 aliphatic rings. The lowest BCUT2D eigenvalue weighted by atomic mass is 9.92. The third kappa shape index (κ3) is 8.45. The number of halogens is 1. The number of unbranched alkanes of at least 4 members (excludes halogenated alkanes) is 1. The first-order chi connectivity index (χ1) is 8.61. The van der Waals surface area contributed by atoms with E-state index in [0.717, 1.165) is 24.8 Å². The van der Waals surface area contributed by atoms with Crippen molar-refractivity contribution >= 4 is 18.3 Å². The van der Waals surface area contributed by atoms with Gasteiger partial charge in [-0.25, -0.2) is 0 Å². The molecule has 19 heavy (non-hydrogen) atoms. The summed E-state index contributed by atoms with van der Waals surface area (Å²) in [6.07, 6.45) is 4.05. The smallest absolute Gasteiger partial charge is 0.221 e. The zero-order valence-corrected chi connectivity index (χ0v) is 13.2. The molecule has 5 heteroatoms. The Morgan fingerprint density at radius 3 is 2.47 bits per heavy atom. The molecule has 4 nitrogen and oxygen atoms in total. The van der Waals surface area contributed by atoms with Crippen LogP contribution in [0.25, 0.3) is 0 Å². The number of carbonyl (C=O) groups is 1. The van der Waals surface area contributed by atoms with Crippen LogP contribution in [-0.4, -0.2) is 43.5 Å². The third-order valence-electron chi connectivity index (χ3n) is 3.54. The number of rotatable bonds is 7. The number of piperidine rings is 1. The van der Waals surface area contributed by atoms with E-state index in [1.807, 2.05) is 0 Å². The van der Waals surface area contributed by atoms with Gasteiger partial charge in [-0.2, -0.15) is 0 Å². The average molecular weight is 292 g/mol. The molecule has 0 saturated carbocycles. The van der Waals surface area contributed by atoms with E-state index in [0.29, 0.717) is 13.0 Å². The predicted molar refractivity (Wildman–Crippen MR) is 82.5 cm³/mol. The Balaban J connectivity index is 0.00000324. The minimum absolute atomic E-state index is 0. The van der Waals surface area contributed by atoms with Crippen LogP contribution in [0.4, 0.5) is 0 Å². The fourth-order valence-electron chi connectivity index (χ4n) is 2.88. The van der Waals surface area contributed by atoms with E-state index in [4.69, 9.17) is 5.73 Å². The summed E-state index contributed by atoms with van der Waals surface area (Å²) in [6.45, 7) is 9.56. The third-order valence-corrected chi connectivity index (χ3v) is 3.54. The van der Waals surface area contributed by atoms with Crippen LogP contribution in [0.5, 0.6) is 0 Å². The van der Waals surface area contributed by atoms with E-state index in [1.165, 1.54) is 32.5 Å². The summed E-state index contributed by atoms with van der Waals surface area (Å²) in [6, 6.07) is 0. The van der Waals surface area contributed by atoms with Crippen LogP contribution in [0.1, 0.15) is 39.5 Å². The van der Waals surface area contributed by atoms with E-state index in [9.17, 15) is 4.79 Å². The van der Waals surface area contributed by atoms with Crippen molar-refractivity contribution in [3.05, 3.63) is 0 Å². The Kier molecular flexibility index (Phi) is 10.3. The van der Waals surface area contributed by atoms with Crippen LogP contribution in [0.3, 0.4) is 0 Å². The first kappa shape index (κ1) is 18.7. The minimum Gasteiger partial charge on any atom is -0.356 e. The Bertz CT molecular complexity index is 241. The van der Waals surface area contributed by atoms with Gasteiger partial charge in [0.2, 0.25) is 5.91 Å². The zero-order valence-electron chi connectivity index (χ0n) is 12.4. The zero-order chi connectivity index (χ0) is 13.4. The number of likely N-dealkylation sites (tertiary alicyclic amines) is 1. The summed E-state index contributed by atoms with van der Waals surface area (Å²) in [5.74, 6) is 1.74. The molecule has 1 rings (SSSR count). The van der Waals surface area contributed by atoms with Crippen molar-refractivity contribution in [3.63, 3.8) is 0 Å². The van der Waals surface area contributed by atoms with Crippen LogP contribution in [-0.2, 0) is 4.79 Å². The number of hydrogen-bond donors (Lipinski definition) is 2. The Morgan fingerprint density at radius 2 is 1.89 bits per heavy atom. The molecular formula is C14H30ClN3O. The van der Waals surface area contributed by atoms with Gasteiger partial charge in [-0.3, -0.25) is 4.79 Å². The fourth-order valence-corrected chi connectivity index (χ4v) is 2.88. The standard InChI is InChI=1S/C14H29N3O.ClH/c1-12-9-13(2)11-17(10-12)8-4-3-7-16-14(18)5-6-15;/h12-13H,3-11,15H2,1-2H3,(H,16,18);1H. The summed E-state index contributed by atoms with van der Waals surface area (Å²) in [7, 11) is 0. The quantitative estimate of drug-likeness (QED) is 0.701. The van der Waals surface area contributed by atoms with Crippen molar-refractivity contribution in [2.24, 2.45) is 17.6 Å². The summed E-state index contributed by atoms with van der Waals surface area (Å²) >= 11 is 0. The number of hydrogen-bond acceptors (Lipinski definition) is 3. The van der Waals surface area contributed by atoms with Gasteiger partial charge >= 0.3 is 0 Å². The van der Waals surface area contributed by atoms with E-state index in [2.05, 4.69) is 24.1 Å². The van der Waals surface area contributed by atoms with Crippen LogP contribution in [0, 0.1) is 11.8 Å². The van der Waals surface area contributed by atoms with Crippen molar-refractivity contribution in [2.75, 3.05) is 32.7 Å². The van der Waals surface area contributed by atoms with Gasteiger partial charge in [-0.1, -0.05) is 13.8 Å². The van der Waals surface area contributed by atoms with Crippen molar-refractivity contribution in [3.8, 4) is 0 Å². The molecule has 0 aromatic heterocycles. The molecule has 0 aromatic carbocycles. The molecule has 0 radical (unpaired) electrons. The number of nitrogens with one attached hydrogen (secondary N) is 1. The second-order valence-electron chi connectivity index (χ2n) is 5.80. The van der Waals surface area contributed by atoms with Crippen LogP contribution in [0.15, 0.2) is 0 Å². The first-order valence-electron chi connectivity index (χ1n) is 7.31. The van der Waals surface area contributed by atoms with Crippen molar-refractivity contribution in [1.29, 1.82) is 0 Å². The summed E-state index contributed by atoms with van der Waals surface area (Å²) in [5.41, 5.74) is 5.32. The van der Waals surface area contributed by atoms with Crippen LogP contribution >= 0.6 is 12.4 Å². The summed E-state index contributed by atoms with van der Waals surface area (Å²) in [4.78, 5) is 13.8. The van der Waals surface area contributed by atoms with Gasteiger partial charge in [0, 0.05) is 32.6 Å². The average Bonchev–Trinajstić information content (AvgIpc) is 2.27. The van der Waals surface area contributed by atoms with Crippen molar-refractivity contribution in [2.45, 2.75) is 39.5 Å². The summed E-state index contributed by atoms with van der Waals surface area (Å²) < 4.78 is 0. The highest BCUT2D eigenvalue weighted by atomic mass is 35.5. The molecule has 2 unspecified atom stereocenters. The Hall–Kier alpha value is -0.320. The molecule has 1 fully saturated rings. The normalized spacial score (nSPS) is 23.7. The molecule has 0 spiro atoms. The predicted octanol–water partition coefficient (Wildman–Crippen LogP) is 1.63. The molecule has 0 aromatic rings. The minimum atomic E-state index is 0. The maximum Gasteiger partial charge on any atom is 0.221 e. The highest BCUT2D eigenvalue weighted by Crippen LogP contribution is 2.20. The molecule has 1 aliphatic heterocycles. The fraction of sp³-hybridized carbons (Fsp3) is 0.929. The molecule has 3 N–H and O–H groups in total. The van der Waals surface area contributed by atoms with Gasteiger partial charge in [-0.05, 0) is 37.6 Å². The molecule has 1 heterocycles. The number of nitrogens with zero attached hydrogens (tertiary/aromatic N) is 1. The van der Waals surface area contributed by atoms with E-state index >= 15 is 0 Å². The molecule has 2 atom stereocenters. The highest BCUT2D eigenvalue weighted by molar-refractivity contribution is 5.85. The van der Waals surface area contributed by atoms with Gasteiger partial charge < -0.3 is 16.0 Å². The molecule has 1 saturated heterocycles. The van der Waals surface area contributed by atoms with Gasteiger partial charge in [0.05, 0.1) is 0 Å². The maximum absolute atomic E-state index is 11.2. The summed E-state index contributed by atoms with van der Waals surface area (Å²) in [5, 5.41) is 2.90. The van der Waals surface area contributed by atoms with Crippen LogP contribution < -0.4 is 11.1 Å². The highest BCUT2D eigenvalue weighted by Gasteiger charge is 2.20. The lowest BCUT2D eigenvalue weighted by Gasteiger charge is -2.34. The number of nitrogens with two attached hydrogens (primary N) is 1. The molecule has 0 aliphatic carbocycles. The molecule has 114 valence electrons. The maximum atomic E-state index is 11.2. The Morgan fingerprint density at radius 1 is 1.26 bits per heavy atom. The SMILES string of the molecule is CC1CC(C)CN(CCCCNC(=O)CCN)C1.Cl. The van der Waals surface area contributed by atoms with Gasteiger partial charge in [0.15, 0.2) is 0 Å². The van der Waals surface area contributed by atoms with E-state index in [1.54, 1.807) is 0 Å². The number of carbonyl (C=O) groups excluding carboxylic acids is 1. The largest absolute Gasteiger partial charge is 0.356 e. The lowest BCUT2D eigenvalue weighted by Crippen LogP contribution is -2.39. The second kappa shape index (κ2) is 10.5.